The molecule has 3 heterocycles. The van der Waals surface area contributed by atoms with E-state index in [0.717, 1.165) is 22.0 Å². The number of nitrogens with one attached hydrogen (secondary N) is 2. The maximum atomic E-state index is 14.6. The Morgan fingerprint density at radius 3 is 2.93 bits per heavy atom. The summed E-state index contributed by atoms with van der Waals surface area (Å²) in [6, 6.07) is 11.1. The molecule has 30 heavy (non-hydrogen) atoms. The summed E-state index contributed by atoms with van der Waals surface area (Å²) in [7, 11) is 0. The summed E-state index contributed by atoms with van der Waals surface area (Å²) < 4.78 is 16.0. The van der Waals surface area contributed by atoms with Gasteiger partial charge in [-0.15, -0.1) is 0 Å². The summed E-state index contributed by atoms with van der Waals surface area (Å²) in [6.07, 6.45) is 3.22. The number of aromatic amines is 2. The second kappa shape index (κ2) is 6.70. The van der Waals surface area contributed by atoms with Crippen LogP contribution in [0.5, 0.6) is 0 Å². The Labute approximate surface area is 174 Å². The third-order valence-corrected chi connectivity index (χ3v) is 5.63. The van der Waals surface area contributed by atoms with Crippen molar-refractivity contribution in [3.05, 3.63) is 71.0 Å². The average molecular weight is 423 g/mol. The third-order valence-electron chi connectivity index (χ3n) is 5.35. The zero-order valence-corrected chi connectivity index (χ0v) is 16.5. The Morgan fingerprint density at radius 1 is 1.30 bits per heavy atom. The number of hydrogen-bond donors (Lipinski definition) is 3. The Balaban J connectivity index is 1.77. The lowest BCUT2D eigenvalue weighted by Gasteiger charge is -2.17. The Bertz CT molecular complexity index is 1430. The number of amides is 1. The molecule has 5 rings (SSSR count). The van der Waals surface area contributed by atoms with E-state index in [1.165, 1.54) is 10.9 Å². The van der Waals surface area contributed by atoms with Crippen LogP contribution in [-0.4, -0.2) is 30.9 Å². The van der Waals surface area contributed by atoms with E-state index in [1.807, 2.05) is 42.6 Å². The van der Waals surface area contributed by atoms with E-state index in [-0.39, 0.29) is 10.7 Å². The van der Waals surface area contributed by atoms with Gasteiger partial charge in [-0.3, -0.25) is 14.6 Å². The molecule has 0 spiro atoms. The van der Waals surface area contributed by atoms with Gasteiger partial charge in [0.2, 0.25) is 5.95 Å². The van der Waals surface area contributed by atoms with Gasteiger partial charge in [0.1, 0.15) is 5.69 Å². The number of carbonyl (C=O) groups excluding carboxylic acids is 1. The predicted molar refractivity (Wildman–Crippen MR) is 113 cm³/mol. The van der Waals surface area contributed by atoms with E-state index in [2.05, 4.69) is 20.3 Å². The molecule has 150 valence electrons. The van der Waals surface area contributed by atoms with Crippen LogP contribution in [0.3, 0.4) is 0 Å². The highest BCUT2D eigenvalue weighted by Crippen LogP contribution is 2.36. The van der Waals surface area contributed by atoms with Gasteiger partial charge in [0.05, 0.1) is 28.2 Å². The van der Waals surface area contributed by atoms with Crippen molar-refractivity contribution in [2.45, 2.75) is 13.0 Å². The number of aromatic nitrogens is 5. The molecule has 0 aliphatic carbocycles. The topological polar surface area (TPSA) is 105 Å². The number of carbonyl (C=O) groups is 1. The zero-order chi connectivity index (χ0) is 21.0. The molecular formula is C21H16ClFN6O. The number of H-pyrrole nitrogens is 2. The molecule has 0 saturated heterocycles. The number of nitrogens with zero attached hydrogens (tertiary/aromatic N) is 3. The first kappa shape index (κ1) is 18.4. The first-order chi connectivity index (χ1) is 14.5. The fourth-order valence-corrected chi connectivity index (χ4v) is 4.18. The molecule has 7 nitrogen and oxygen atoms in total. The molecule has 0 aliphatic heterocycles. The van der Waals surface area contributed by atoms with Crippen LogP contribution in [0, 0.1) is 5.95 Å². The van der Waals surface area contributed by atoms with E-state index in [1.54, 1.807) is 6.92 Å². The first-order valence-electron chi connectivity index (χ1n) is 9.22. The maximum absolute atomic E-state index is 14.6. The highest BCUT2D eigenvalue weighted by Gasteiger charge is 2.24. The van der Waals surface area contributed by atoms with E-state index in [4.69, 9.17) is 17.3 Å². The van der Waals surface area contributed by atoms with Gasteiger partial charge in [-0.25, -0.2) is 0 Å². The molecule has 0 radical (unpaired) electrons. The van der Waals surface area contributed by atoms with Gasteiger partial charge in [-0.1, -0.05) is 23.7 Å². The van der Waals surface area contributed by atoms with Crippen LogP contribution in [-0.2, 0) is 0 Å². The maximum Gasteiger partial charge on any atom is 0.268 e. The standard InChI is InChI=1S/C21H16ClFN6O/c1-10(29-19(21(24)30)15(22)9-26-29)14-7-11(8-17-18(14)20(23)28-27-17)12-3-2-4-16-13(12)5-6-25-16/h2-10,25H,1H3,(H2,24,30)(H,27,28). The Hall–Kier alpha value is -3.65. The molecule has 0 bridgehead atoms. The molecule has 0 fully saturated rings. The SMILES string of the molecule is CC(c1cc(-c2cccc3[nH]ccc23)cc2n[nH]c(F)c12)n1ncc(Cl)c1C(N)=O. The molecule has 2 aromatic carbocycles. The van der Waals surface area contributed by atoms with Gasteiger partial charge in [-0.2, -0.15) is 14.6 Å². The number of benzene rings is 2. The van der Waals surface area contributed by atoms with Crippen LogP contribution in [0.1, 0.15) is 29.0 Å². The molecule has 3 aromatic heterocycles. The number of halogens is 2. The van der Waals surface area contributed by atoms with Crippen LogP contribution >= 0.6 is 11.6 Å². The smallest absolute Gasteiger partial charge is 0.268 e. The van der Waals surface area contributed by atoms with Gasteiger partial charge < -0.3 is 10.7 Å². The number of primary amides is 1. The zero-order valence-electron chi connectivity index (χ0n) is 15.8. The molecule has 0 aliphatic rings. The monoisotopic (exact) mass is 422 g/mol. The molecule has 0 saturated carbocycles. The quantitative estimate of drug-likeness (QED) is 0.399. The molecule has 5 aromatic rings. The largest absolute Gasteiger partial charge is 0.364 e. The lowest BCUT2D eigenvalue weighted by Crippen LogP contribution is -2.21. The van der Waals surface area contributed by atoms with Crippen LogP contribution in [0.25, 0.3) is 32.9 Å². The van der Waals surface area contributed by atoms with Gasteiger partial charge in [-0.05, 0) is 47.9 Å². The summed E-state index contributed by atoms with van der Waals surface area (Å²) in [4.78, 5) is 15.1. The van der Waals surface area contributed by atoms with E-state index in [9.17, 15) is 9.18 Å². The summed E-state index contributed by atoms with van der Waals surface area (Å²) >= 11 is 6.10. The fourth-order valence-electron chi connectivity index (χ4n) is 3.96. The van der Waals surface area contributed by atoms with Crippen molar-refractivity contribution in [3.8, 4) is 11.1 Å². The summed E-state index contributed by atoms with van der Waals surface area (Å²) in [5.74, 6) is -1.27. The van der Waals surface area contributed by atoms with Crippen LogP contribution < -0.4 is 5.73 Å². The van der Waals surface area contributed by atoms with Crippen molar-refractivity contribution in [1.29, 1.82) is 0 Å². The van der Waals surface area contributed by atoms with Crippen LogP contribution in [0.2, 0.25) is 5.02 Å². The van der Waals surface area contributed by atoms with Crippen molar-refractivity contribution in [2.24, 2.45) is 5.73 Å². The van der Waals surface area contributed by atoms with Gasteiger partial charge in [0, 0.05) is 17.1 Å². The number of fused-ring (bicyclic) bond motifs is 2. The minimum atomic E-state index is -0.707. The summed E-state index contributed by atoms with van der Waals surface area (Å²) in [6.45, 7) is 1.80. The van der Waals surface area contributed by atoms with Crippen molar-refractivity contribution in [2.75, 3.05) is 0 Å². The van der Waals surface area contributed by atoms with Gasteiger partial charge in [0.15, 0.2) is 0 Å². The van der Waals surface area contributed by atoms with Gasteiger partial charge in [0.25, 0.3) is 5.91 Å². The van der Waals surface area contributed by atoms with Crippen molar-refractivity contribution in [3.63, 3.8) is 0 Å². The first-order valence-corrected chi connectivity index (χ1v) is 9.60. The minimum Gasteiger partial charge on any atom is -0.364 e. The second-order valence-corrected chi connectivity index (χ2v) is 7.47. The van der Waals surface area contributed by atoms with Crippen LogP contribution in [0.4, 0.5) is 4.39 Å². The Morgan fingerprint density at radius 2 is 2.13 bits per heavy atom. The lowest BCUT2D eigenvalue weighted by atomic mass is 9.95. The molecule has 1 amide bonds. The molecule has 9 heteroatoms. The molecular weight excluding hydrogens is 407 g/mol. The Kier molecular flexibility index (Phi) is 4.11. The summed E-state index contributed by atoms with van der Waals surface area (Å²) in [5.41, 5.74) is 9.45. The number of nitrogens with two attached hydrogens (primary N) is 1. The van der Waals surface area contributed by atoms with E-state index in [0.29, 0.717) is 16.5 Å². The third kappa shape index (κ3) is 2.68. The minimum absolute atomic E-state index is 0.0689. The predicted octanol–water partition coefficient (Wildman–Crippen LogP) is 4.41. The second-order valence-electron chi connectivity index (χ2n) is 7.07. The average Bonchev–Trinajstić information content (AvgIpc) is 3.45. The molecule has 4 N–H and O–H groups in total. The molecule has 1 atom stereocenters. The number of hydrogen-bond acceptors (Lipinski definition) is 3. The highest BCUT2D eigenvalue weighted by atomic mass is 35.5. The van der Waals surface area contributed by atoms with Crippen molar-refractivity contribution >= 4 is 39.3 Å². The van der Waals surface area contributed by atoms with Crippen molar-refractivity contribution < 1.29 is 9.18 Å². The van der Waals surface area contributed by atoms with Crippen LogP contribution in [0.15, 0.2) is 48.8 Å². The summed E-state index contributed by atoms with van der Waals surface area (Å²) in [5, 5.41) is 12.2. The number of rotatable bonds is 4. The van der Waals surface area contributed by atoms with Crippen molar-refractivity contribution in [1.82, 2.24) is 25.0 Å². The fraction of sp³-hybridized carbons (Fsp3) is 0.0952. The molecule has 1 unspecified atom stereocenters. The highest BCUT2D eigenvalue weighted by molar-refractivity contribution is 6.33. The van der Waals surface area contributed by atoms with E-state index >= 15 is 0 Å². The van der Waals surface area contributed by atoms with Gasteiger partial charge >= 0.3 is 0 Å². The lowest BCUT2D eigenvalue weighted by molar-refractivity contribution is 0.0989. The van der Waals surface area contributed by atoms with E-state index < -0.39 is 17.9 Å². The normalized spacial score (nSPS) is 12.6.